The van der Waals surface area contributed by atoms with E-state index >= 15 is 0 Å². The Morgan fingerprint density at radius 1 is 1.50 bits per heavy atom. The van der Waals surface area contributed by atoms with Crippen LogP contribution in [0, 0.1) is 0 Å². The van der Waals surface area contributed by atoms with Gasteiger partial charge in [-0.1, -0.05) is 13.8 Å². The summed E-state index contributed by atoms with van der Waals surface area (Å²) < 4.78 is 0. The third kappa shape index (κ3) is 3.59. The van der Waals surface area contributed by atoms with Gasteiger partial charge in [-0.2, -0.15) is 11.8 Å². The van der Waals surface area contributed by atoms with Crippen molar-refractivity contribution in [2.75, 3.05) is 23.0 Å². The molecule has 4 nitrogen and oxygen atoms in total. The van der Waals surface area contributed by atoms with Gasteiger partial charge in [0.2, 0.25) is 0 Å². The van der Waals surface area contributed by atoms with Crippen LogP contribution in [-0.4, -0.2) is 40.1 Å². The zero-order chi connectivity index (χ0) is 13.0. The highest BCUT2D eigenvalue weighted by Crippen LogP contribution is 2.21. The third-order valence-electron chi connectivity index (χ3n) is 3.03. The SMILES string of the molecule is CC(C)NCc1cncc(N2CCSCC2C)n1. The Morgan fingerprint density at radius 2 is 2.33 bits per heavy atom. The summed E-state index contributed by atoms with van der Waals surface area (Å²) in [7, 11) is 0. The molecule has 1 aromatic heterocycles. The minimum absolute atomic E-state index is 0.473. The second-order valence-electron chi connectivity index (χ2n) is 5.02. The first-order chi connectivity index (χ1) is 8.66. The van der Waals surface area contributed by atoms with E-state index in [1.807, 2.05) is 24.2 Å². The quantitative estimate of drug-likeness (QED) is 0.901. The lowest BCUT2D eigenvalue weighted by Crippen LogP contribution is -2.41. The fourth-order valence-electron chi connectivity index (χ4n) is 1.99. The first-order valence-corrected chi connectivity index (χ1v) is 7.71. The van der Waals surface area contributed by atoms with E-state index in [4.69, 9.17) is 4.98 Å². The Morgan fingerprint density at radius 3 is 3.06 bits per heavy atom. The molecule has 1 N–H and O–H groups in total. The van der Waals surface area contributed by atoms with Gasteiger partial charge in [-0.05, 0) is 6.92 Å². The highest BCUT2D eigenvalue weighted by atomic mass is 32.2. The van der Waals surface area contributed by atoms with Crippen molar-refractivity contribution in [3.63, 3.8) is 0 Å². The molecular weight excluding hydrogens is 244 g/mol. The molecule has 0 aliphatic carbocycles. The molecule has 1 aliphatic rings. The molecule has 0 aromatic carbocycles. The van der Waals surface area contributed by atoms with Gasteiger partial charge in [0, 0.05) is 42.9 Å². The number of hydrogen-bond acceptors (Lipinski definition) is 5. The maximum atomic E-state index is 4.71. The smallest absolute Gasteiger partial charge is 0.147 e. The van der Waals surface area contributed by atoms with Crippen LogP contribution in [0.5, 0.6) is 0 Å². The Labute approximate surface area is 114 Å². The van der Waals surface area contributed by atoms with E-state index in [1.165, 1.54) is 11.5 Å². The van der Waals surface area contributed by atoms with Gasteiger partial charge in [-0.3, -0.25) is 4.98 Å². The van der Waals surface area contributed by atoms with Crippen molar-refractivity contribution in [3.05, 3.63) is 18.1 Å². The van der Waals surface area contributed by atoms with Crippen molar-refractivity contribution < 1.29 is 0 Å². The van der Waals surface area contributed by atoms with E-state index in [0.717, 1.165) is 24.6 Å². The zero-order valence-corrected chi connectivity index (χ0v) is 12.2. The molecule has 0 saturated carbocycles. The summed E-state index contributed by atoms with van der Waals surface area (Å²) in [6.45, 7) is 8.40. The van der Waals surface area contributed by atoms with Crippen LogP contribution in [0.25, 0.3) is 0 Å². The second kappa shape index (κ2) is 6.38. The van der Waals surface area contributed by atoms with Crippen LogP contribution in [0.2, 0.25) is 0 Å². The normalized spacial score (nSPS) is 20.4. The third-order valence-corrected chi connectivity index (χ3v) is 4.21. The van der Waals surface area contributed by atoms with Gasteiger partial charge < -0.3 is 10.2 Å². The Balaban J connectivity index is 2.06. The number of rotatable bonds is 4. The molecule has 1 saturated heterocycles. The van der Waals surface area contributed by atoms with Gasteiger partial charge >= 0.3 is 0 Å². The molecule has 1 aromatic rings. The lowest BCUT2D eigenvalue weighted by atomic mass is 10.3. The highest BCUT2D eigenvalue weighted by molar-refractivity contribution is 7.99. The maximum absolute atomic E-state index is 4.71. The number of nitrogens with zero attached hydrogens (tertiary/aromatic N) is 3. The van der Waals surface area contributed by atoms with Crippen LogP contribution < -0.4 is 10.2 Å². The van der Waals surface area contributed by atoms with E-state index in [0.29, 0.717) is 12.1 Å². The molecule has 1 unspecified atom stereocenters. The number of thioether (sulfide) groups is 1. The van der Waals surface area contributed by atoms with E-state index in [-0.39, 0.29) is 0 Å². The molecule has 0 bridgehead atoms. The lowest BCUT2D eigenvalue weighted by molar-refractivity contribution is 0.578. The number of aromatic nitrogens is 2. The summed E-state index contributed by atoms with van der Waals surface area (Å²) in [4.78, 5) is 11.4. The molecule has 18 heavy (non-hydrogen) atoms. The van der Waals surface area contributed by atoms with E-state index in [1.54, 1.807) is 0 Å². The summed E-state index contributed by atoms with van der Waals surface area (Å²) in [5, 5.41) is 3.38. The predicted octanol–water partition coefficient (Wildman–Crippen LogP) is 1.92. The molecule has 0 radical (unpaired) electrons. The molecule has 5 heteroatoms. The molecule has 1 atom stereocenters. The van der Waals surface area contributed by atoms with Crippen LogP contribution in [0.4, 0.5) is 5.82 Å². The van der Waals surface area contributed by atoms with Crippen LogP contribution >= 0.6 is 11.8 Å². The predicted molar refractivity (Wildman–Crippen MR) is 78.1 cm³/mol. The van der Waals surface area contributed by atoms with Crippen molar-refractivity contribution in [2.24, 2.45) is 0 Å². The standard InChI is InChI=1S/C13H22N4S/c1-10(2)15-7-12-6-14-8-13(16-12)17-4-5-18-9-11(17)3/h6,8,10-11,15H,4-5,7,9H2,1-3H3. The highest BCUT2D eigenvalue weighted by Gasteiger charge is 2.20. The Kier molecular flexibility index (Phi) is 4.83. The van der Waals surface area contributed by atoms with Crippen molar-refractivity contribution in [3.8, 4) is 0 Å². The molecule has 1 aliphatic heterocycles. The summed E-state index contributed by atoms with van der Waals surface area (Å²) in [6.07, 6.45) is 3.73. The topological polar surface area (TPSA) is 41.1 Å². The van der Waals surface area contributed by atoms with Gasteiger partial charge in [0.1, 0.15) is 5.82 Å². The largest absolute Gasteiger partial charge is 0.351 e. The lowest BCUT2D eigenvalue weighted by Gasteiger charge is -2.33. The molecule has 2 heterocycles. The Hall–Kier alpha value is -0.810. The average molecular weight is 266 g/mol. The van der Waals surface area contributed by atoms with Crippen molar-refractivity contribution in [1.29, 1.82) is 0 Å². The first kappa shape index (κ1) is 13.6. The average Bonchev–Trinajstić information content (AvgIpc) is 2.37. The summed E-state index contributed by atoms with van der Waals surface area (Å²) in [5.74, 6) is 3.38. The summed E-state index contributed by atoms with van der Waals surface area (Å²) >= 11 is 2.02. The van der Waals surface area contributed by atoms with Crippen molar-refractivity contribution in [2.45, 2.75) is 39.4 Å². The monoisotopic (exact) mass is 266 g/mol. The van der Waals surface area contributed by atoms with Crippen LogP contribution in [-0.2, 0) is 6.54 Å². The summed E-state index contributed by atoms with van der Waals surface area (Å²) in [5.41, 5.74) is 1.02. The fourth-order valence-corrected chi connectivity index (χ4v) is 3.01. The molecule has 0 spiro atoms. The van der Waals surface area contributed by atoms with Gasteiger partial charge in [0.25, 0.3) is 0 Å². The maximum Gasteiger partial charge on any atom is 0.147 e. The van der Waals surface area contributed by atoms with E-state index in [2.05, 4.69) is 36.0 Å². The minimum atomic E-state index is 0.473. The number of hydrogen-bond donors (Lipinski definition) is 1. The minimum Gasteiger partial charge on any atom is -0.351 e. The van der Waals surface area contributed by atoms with Gasteiger partial charge in [-0.25, -0.2) is 4.98 Å². The van der Waals surface area contributed by atoms with Gasteiger partial charge in [-0.15, -0.1) is 0 Å². The molecular formula is C13H22N4S. The first-order valence-electron chi connectivity index (χ1n) is 6.55. The Bertz CT molecular complexity index is 383. The van der Waals surface area contributed by atoms with Crippen LogP contribution in [0.15, 0.2) is 12.4 Å². The zero-order valence-electron chi connectivity index (χ0n) is 11.4. The van der Waals surface area contributed by atoms with Crippen molar-refractivity contribution in [1.82, 2.24) is 15.3 Å². The van der Waals surface area contributed by atoms with Gasteiger partial charge in [0.05, 0.1) is 11.9 Å². The molecule has 100 valence electrons. The van der Waals surface area contributed by atoms with Crippen LogP contribution in [0.3, 0.4) is 0 Å². The second-order valence-corrected chi connectivity index (χ2v) is 6.17. The molecule has 1 fully saturated rings. The van der Waals surface area contributed by atoms with Gasteiger partial charge in [0.15, 0.2) is 0 Å². The summed E-state index contributed by atoms with van der Waals surface area (Å²) in [6, 6.07) is 1.02. The number of anilines is 1. The molecule has 2 rings (SSSR count). The fraction of sp³-hybridized carbons (Fsp3) is 0.692. The van der Waals surface area contributed by atoms with Crippen molar-refractivity contribution >= 4 is 17.6 Å². The van der Waals surface area contributed by atoms with E-state index < -0.39 is 0 Å². The van der Waals surface area contributed by atoms with E-state index in [9.17, 15) is 0 Å². The number of nitrogens with one attached hydrogen (secondary N) is 1. The molecule has 0 amide bonds. The van der Waals surface area contributed by atoms with Crippen LogP contribution in [0.1, 0.15) is 26.5 Å².